The lowest BCUT2D eigenvalue weighted by Gasteiger charge is -2.22. The molecule has 5 heteroatoms. The molecule has 1 unspecified atom stereocenters. The zero-order chi connectivity index (χ0) is 13.9. The Balaban J connectivity index is 0.00000200. The van der Waals surface area contributed by atoms with Crippen molar-refractivity contribution in [3.8, 4) is 11.5 Å². The molecule has 4 nitrogen and oxygen atoms in total. The Morgan fingerprint density at radius 1 is 1.20 bits per heavy atom. The fourth-order valence-electron chi connectivity index (χ4n) is 2.64. The van der Waals surface area contributed by atoms with Crippen LogP contribution in [0.5, 0.6) is 11.5 Å². The predicted octanol–water partition coefficient (Wildman–Crippen LogP) is 2.30. The maximum absolute atomic E-state index is 5.85. The van der Waals surface area contributed by atoms with Gasteiger partial charge in [0, 0.05) is 19.2 Å². The van der Waals surface area contributed by atoms with Crippen molar-refractivity contribution in [1.29, 1.82) is 0 Å². The standard InChI is InChI=1S/C15H24N2O2.ClH/c1-15(10-16)4-5-17(11-15)9-12-6-13(18-2)8-14(7-12)19-3;/h6-8H,4-5,9-11,16H2,1-3H3;1H. The molecule has 1 aromatic rings. The van der Waals surface area contributed by atoms with Crippen LogP contribution in [0.2, 0.25) is 0 Å². The van der Waals surface area contributed by atoms with Crippen LogP contribution in [0.25, 0.3) is 0 Å². The molecule has 1 atom stereocenters. The number of nitrogens with zero attached hydrogens (tertiary/aromatic N) is 1. The Bertz CT molecular complexity index is 420. The van der Waals surface area contributed by atoms with E-state index in [-0.39, 0.29) is 17.8 Å². The molecule has 1 fully saturated rings. The Labute approximate surface area is 127 Å². The lowest BCUT2D eigenvalue weighted by Crippen LogP contribution is -2.31. The minimum absolute atomic E-state index is 0. The molecular formula is C15H25ClN2O2. The van der Waals surface area contributed by atoms with Crippen molar-refractivity contribution in [3.05, 3.63) is 23.8 Å². The van der Waals surface area contributed by atoms with Crippen LogP contribution in [0.3, 0.4) is 0 Å². The topological polar surface area (TPSA) is 47.7 Å². The van der Waals surface area contributed by atoms with Gasteiger partial charge in [-0.2, -0.15) is 0 Å². The second-order valence-corrected chi connectivity index (χ2v) is 5.70. The van der Waals surface area contributed by atoms with Crippen molar-refractivity contribution in [1.82, 2.24) is 4.90 Å². The third kappa shape index (κ3) is 4.01. The first-order valence-electron chi connectivity index (χ1n) is 6.73. The van der Waals surface area contributed by atoms with Crippen LogP contribution in [0.4, 0.5) is 0 Å². The van der Waals surface area contributed by atoms with Crippen molar-refractivity contribution in [3.63, 3.8) is 0 Å². The zero-order valence-electron chi connectivity index (χ0n) is 12.5. The first-order valence-corrected chi connectivity index (χ1v) is 6.73. The third-order valence-electron chi connectivity index (χ3n) is 3.95. The number of likely N-dealkylation sites (tertiary alicyclic amines) is 1. The molecular weight excluding hydrogens is 276 g/mol. The molecule has 2 rings (SSSR count). The van der Waals surface area contributed by atoms with Gasteiger partial charge in [0.15, 0.2) is 0 Å². The molecule has 2 N–H and O–H groups in total. The maximum atomic E-state index is 5.85. The van der Waals surface area contributed by atoms with E-state index in [9.17, 15) is 0 Å². The Kier molecular flexibility index (Phi) is 6.11. The van der Waals surface area contributed by atoms with Crippen LogP contribution in [0, 0.1) is 5.41 Å². The van der Waals surface area contributed by atoms with Gasteiger partial charge >= 0.3 is 0 Å². The fraction of sp³-hybridized carbons (Fsp3) is 0.600. The number of benzene rings is 1. The van der Waals surface area contributed by atoms with Gasteiger partial charge in [0.25, 0.3) is 0 Å². The summed E-state index contributed by atoms with van der Waals surface area (Å²) in [6, 6.07) is 6.04. The fourth-order valence-corrected chi connectivity index (χ4v) is 2.64. The predicted molar refractivity (Wildman–Crippen MR) is 83.8 cm³/mol. The van der Waals surface area contributed by atoms with E-state index >= 15 is 0 Å². The van der Waals surface area contributed by atoms with E-state index < -0.39 is 0 Å². The van der Waals surface area contributed by atoms with Crippen molar-refractivity contribution in [2.75, 3.05) is 33.9 Å². The monoisotopic (exact) mass is 300 g/mol. The summed E-state index contributed by atoms with van der Waals surface area (Å²) in [5.74, 6) is 1.69. The Morgan fingerprint density at radius 3 is 2.25 bits per heavy atom. The van der Waals surface area contributed by atoms with Gasteiger partial charge in [-0.1, -0.05) is 6.92 Å². The van der Waals surface area contributed by atoms with Gasteiger partial charge < -0.3 is 15.2 Å². The number of ether oxygens (including phenoxy) is 2. The van der Waals surface area contributed by atoms with Crippen LogP contribution in [0.15, 0.2) is 18.2 Å². The summed E-state index contributed by atoms with van der Waals surface area (Å²) in [5.41, 5.74) is 7.33. The van der Waals surface area contributed by atoms with Crippen molar-refractivity contribution < 1.29 is 9.47 Å². The van der Waals surface area contributed by atoms with Crippen LogP contribution >= 0.6 is 12.4 Å². The molecule has 0 aliphatic carbocycles. The summed E-state index contributed by atoms with van der Waals surface area (Å²) >= 11 is 0. The lowest BCUT2D eigenvalue weighted by molar-refractivity contribution is 0.273. The Hall–Kier alpha value is -0.970. The minimum atomic E-state index is 0. The van der Waals surface area contributed by atoms with Crippen LogP contribution < -0.4 is 15.2 Å². The molecule has 1 aliphatic heterocycles. The Morgan fingerprint density at radius 2 is 1.80 bits per heavy atom. The average molecular weight is 301 g/mol. The van der Waals surface area contributed by atoms with Gasteiger partial charge in [0.1, 0.15) is 11.5 Å². The molecule has 0 radical (unpaired) electrons. The highest BCUT2D eigenvalue weighted by Gasteiger charge is 2.32. The van der Waals surface area contributed by atoms with Gasteiger partial charge in [-0.15, -0.1) is 12.4 Å². The number of hydrogen-bond donors (Lipinski definition) is 1. The van der Waals surface area contributed by atoms with Gasteiger partial charge in [0.2, 0.25) is 0 Å². The number of halogens is 1. The first-order chi connectivity index (χ1) is 9.08. The van der Waals surface area contributed by atoms with E-state index in [1.54, 1.807) is 14.2 Å². The molecule has 0 aromatic heterocycles. The smallest absolute Gasteiger partial charge is 0.122 e. The molecule has 0 amide bonds. The number of hydrogen-bond acceptors (Lipinski definition) is 4. The van der Waals surface area contributed by atoms with Gasteiger partial charge in [-0.25, -0.2) is 0 Å². The largest absolute Gasteiger partial charge is 0.497 e. The SMILES string of the molecule is COc1cc(CN2CCC(C)(CN)C2)cc(OC)c1.Cl. The van der Waals surface area contributed by atoms with E-state index in [0.717, 1.165) is 37.7 Å². The van der Waals surface area contributed by atoms with E-state index in [1.807, 2.05) is 6.07 Å². The normalized spacial score (nSPS) is 22.4. The molecule has 0 spiro atoms. The van der Waals surface area contributed by atoms with Crippen molar-refractivity contribution in [2.45, 2.75) is 19.9 Å². The highest BCUT2D eigenvalue weighted by Crippen LogP contribution is 2.30. The van der Waals surface area contributed by atoms with Gasteiger partial charge in [-0.05, 0) is 42.6 Å². The molecule has 20 heavy (non-hydrogen) atoms. The summed E-state index contributed by atoms with van der Waals surface area (Å²) in [5, 5.41) is 0. The quantitative estimate of drug-likeness (QED) is 0.906. The molecule has 1 heterocycles. The second kappa shape index (κ2) is 7.16. The van der Waals surface area contributed by atoms with Crippen LogP contribution in [-0.2, 0) is 6.54 Å². The lowest BCUT2D eigenvalue weighted by atomic mass is 9.90. The first kappa shape index (κ1) is 17.1. The van der Waals surface area contributed by atoms with E-state index in [1.165, 1.54) is 12.0 Å². The summed E-state index contributed by atoms with van der Waals surface area (Å²) in [4.78, 5) is 2.45. The third-order valence-corrected chi connectivity index (χ3v) is 3.95. The highest BCUT2D eigenvalue weighted by atomic mass is 35.5. The van der Waals surface area contributed by atoms with Crippen molar-refractivity contribution in [2.24, 2.45) is 11.1 Å². The van der Waals surface area contributed by atoms with E-state index in [0.29, 0.717) is 0 Å². The molecule has 1 aliphatic rings. The molecule has 0 saturated carbocycles. The minimum Gasteiger partial charge on any atom is -0.497 e. The number of rotatable bonds is 5. The number of methoxy groups -OCH3 is 2. The summed E-state index contributed by atoms with van der Waals surface area (Å²) in [6.07, 6.45) is 1.17. The highest BCUT2D eigenvalue weighted by molar-refractivity contribution is 5.85. The summed E-state index contributed by atoms with van der Waals surface area (Å²) in [7, 11) is 3.36. The van der Waals surface area contributed by atoms with Crippen molar-refractivity contribution >= 4 is 12.4 Å². The summed E-state index contributed by atoms with van der Waals surface area (Å²) < 4.78 is 10.6. The number of nitrogens with two attached hydrogens (primary N) is 1. The van der Waals surface area contributed by atoms with E-state index in [2.05, 4.69) is 24.0 Å². The van der Waals surface area contributed by atoms with E-state index in [4.69, 9.17) is 15.2 Å². The van der Waals surface area contributed by atoms with Crippen LogP contribution in [-0.4, -0.2) is 38.8 Å². The van der Waals surface area contributed by atoms with Gasteiger partial charge in [-0.3, -0.25) is 4.90 Å². The van der Waals surface area contributed by atoms with Gasteiger partial charge in [0.05, 0.1) is 14.2 Å². The molecule has 1 aromatic carbocycles. The zero-order valence-corrected chi connectivity index (χ0v) is 13.3. The molecule has 0 bridgehead atoms. The van der Waals surface area contributed by atoms with Crippen LogP contribution in [0.1, 0.15) is 18.9 Å². The average Bonchev–Trinajstić information content (AvgIpc) is 2.80. The molecule has 1 saturated heterocycles. The second-order valence-electron chi connectivity index (χ2n) is 5.70. The maximum Gasteiger partial charge on any atom is 0.122 e. The molecule has 114 valence electrons. The summed E-state index contributed by atoms with van der Waals surface area (Å²) in [6.45, 7) is 6.10.